The smallest absolute Gasteiger partial charge is 0.0281 e. The SMILES string of the molecule is CCCC1CN(C2CCCCC2)C(C)(C)CN1. The first kappa shape index (κ1) is 13.4. The predicted octanol–water partition coefficient (Wildman–Crippen LogP) is 3.17. The number of nitrogens with zero attached hydrogens (tertiary/aromatic N) is 1. The number of piperazine rings is 1. The Labute approximate surface area is 107 Å². The predicted molar refractivity (Wildman–Crippen MR) is 74.4 cm³/mol. The minimum Gasteiger partial charge on any atom is -0.311 e. The third kappa shape index (κ3) is 3.23. The Morgan fingerprint density at radius 3 is 2.53 bits per heavy atom. The third-order valence-electron chi connectivity index (χ3n) is 4.67. The summed E-state index contributed by atoms with van der Waals surface area (Å²) in [5, 5.41) is 3.74. The van der Waals surface area contributed by atoms with E-state index >= 15 is 0 Å². The van der Waals surface area contributed by atoms with Crippen LogP contribution in [0.1, 0.15) is 65.7 Å². The quantitative estimate of drug-likeness (QED) is 0.812. The highest BCUT2D eigenvalue weighted by atomic mass is 15.3. The highest BCUT2D eigenvalue weighted by Gasteiger charge is 2.37. The van der Waals surface area contributed by atoms with Crippen LogP contribution in [0.25, 0.3) is 0 Å². The fourth-order valence-electron chi connectivity index (χ4n) is 3.62. The van der Waals surface area contributed by atoms with E-state index in [-0.39, 0.29) is 0 Å². The molecule has 0 spiro atoms. The lowest BCUT2D eigenvalue weighted by Gasteiger charge is -2.51. The molecule has 1 unspecified atom stereocenters. The number of hydrogen-bond donors (Lipinski definition) is 1. The molecular formula is C15H30N2. The van der Waals surface area contributed by atoms with E-state index in [1.807, 2.05) is 0 Å². The van der Waals surface area contributed by atoms with Gasteiger partial charge < -0.3 is 5.32 Å². The van der Waals surface area contributed by atoms with E-state index in [1.54, 1.807) is 0 Å². The molecular weight excluding hydrogens is 208 g/mol. The molecule has 1 atom stereocenters. The van der Waals surface area contributed by atoms with Crippen LogP contribution in [-0.4, -0.2) is 35.6 Å². The zero-order valence-electron chi connectivity index (χ0n) is 12.0. The van der Waals surface area contributed by atoms with E-state index in [2.05, 4.69) is 31.0 Å². The summed E-state index contributed by atoms with van der Waals surface area (Å²) >= 11 is 0. The fourth-order valence-corrected chi connectivity index (χ4v) is 3.62. The molecule has 2 aliphatic rings. The van der Waals surface area contributed by atoms with Gasteiger partial charge in [0.15, 0.2) is 0 Å². The summed E-state index contributed by atoms with van der Waals surface area (Å²) in [6.45, 7) is 9.56. The van der Waals surface area contributed by atoms with Crippen LogP contribution in [0.3, 0.4) is 0 Å². The molecule has 2 fully saturated rings. The first-order chi connectivity index (χ1) is 8.13. The minimum absolute atomic E-state index is 0.353. The van der Waals surface area contributed by atoms with Gasteiger partial charge in [0.25, 0.3) is 0 Å². The average Bonchev–Trinajstić information content (AvgIpc) is 2.33. The molecule has 0 aromatic rings. The summed E-state index contributed by atoms with van der Waals surface area (Å²) in [6.07, 6.45) is 9.86. The molecule has 100 valence electrons. The summed E-state index contributed by atoms with van der Waals surface area (Å²) in [6, 6.07) is 1.59. The van der Waals surface area contributed by atoms with Gasteiger partial charge >= 0.3 is 0 Å². The zero-order chi connectivity index (χ0) is 12.3. The van der Waals surface area contributed by atoms with E-state index in [1.165, 1.54) is 51.5 Å². The Balaban J connectivity index is 1.99. The molecule has 0 amide bonds. The highest BCUT2D eigenvalue weighted by molar-refractivity contribution is 4.96. The van der Waals surface area contributed by atoms with Crippen molar-refractivity contribution in [3.05, 3.63) is 0 Å². The molecule has 2 nitrogen and oxygen atoms in total. The topological polar surface area (TPSA) is 15.3 Å². The van der Waals surface area contributed by atoms with E-state index < -0.39 is 0 Å². The Kier molecular flexibility index (Phi) is 4.48. The van der Waals surface area contributed by atoms with Crippen molar-refractivity contribution in [2.75, 3.05) is 13.1 Å². The van der Waals surface area contributed by atoms with E-state index in [9.17, 15) is 0 Å². The van der Waals surface area contributed by atoms with Crippen LogP contribution in [0.5, 0.6) is 0 Å². The summed E-state index contributed by atoms with van der Waals surface area (Å²) < 4.78 is 0. The summed E-state index contributed by atoms with van der Waals surface area (Å²) in [5.41, 5.74) is 0.353. The molecule has 1 N–H and O–H groups in total. The molecule has 0 aromatic heterocycles. The van der Waals surface area contributed by atoms with Gasteiger partial charge in [-0.05, 0) is 33.1 Å². The molecule has 1 heterocycles. The summed E-state index contributed by atoms with van der Waals surface area (Å²) in [5.74, 6) is 0. The molecule has 17 heavy (non-hydrogen) atoms. The van der Waals surface area contributed by atoms with Crippen molar-refractivity contribution in [3.63, 3.8) is 0 Å². The Bertz CT molecular complexity index is 231. The number of nitrogens with one attached hydrogen (secondary N) is 1. The van der Waals surface area contributed by atoms with Gasteiger partial charge in [0.2, 0.25) is 0 Å². The molecule has 1 saturated carbocycles. The second-order valence-corrected chi connectivity index (χ2v) is 6.62. The maximum atomic E-state index is 3.74. The maximum absolute atomic E-state index is 3.74. The molecule has 1 aliphatic heterocycles. The second kappa shape index (κ2) is 5.71. The average molecular weight is 238 g/mol. The van der Waals surface area contributed by atoms with Gasteiger partial charge in [-0.2, -0.15) is 0 Å². The Morgan fingerprint density at radius 2 is 1.88 bits per heavy atom. The van der Waals surface area contributed by atoms with Gasteiger partial charge in [-0.25, -0.2) is 0 Å². The largest absolute Gasteiger partial charge is 0.311 e. The van der Waals surface area contributed by atoms with Crippen LogP contribution in [0.4, 0.5) is 0 Å². The highest BCUT2D eigenvalue weighted by Crippen LogP contribution is 2.30. The van der Waals surface area contributed by atoms with Crippen molar-refractivity contribution in [2.45, 2.75) is 83.3 Å². The van der Waals surface area contributed by atoms with Gasteiger partial charge in [-0.3, -0.25) is 4.90 Å². The molecule has 0 radical (unpaired) electrons. The first-order valence-electron chi connectivity index (χ1n) is 7.63. The van der Waals surface area contributed by atoms with E-state index in [0.29, 0.717) is 5.54 Å². The van der Waals surface area contributed by atoms with Crippen molar-refractivity contribution in [1.82, 2.24) is 10.2 Å². The Hall–Kier alpha value is -0.0800. The molecule has 0 aromatic carbocycles. The van der Waals surface area contributed by atoms with Crippen LogP contribution in [0.15, 0.2) is 0 Å². The van der Waals surface area contributed by atoms with Crippen molar-refractivity contribution >= 4 is 0 Å². The Morgan fingerprint density at radius 1 is 1.18 bits per heavy atom. The third-order valence-corrected chi connectivity index (χ3v) is 4.67. The van der Waals surface area contributed by atoms with Crippen LogP contribution >= 0.6 is 0 Å². The zero-order valence-corrected chi connectivity index (χ0v) is 12.0. The molecule has 2 rings (SSSR count). The second-order valence-electron chi connectivity index (χ2n) is 6.62. The van der Waals surface area contributed by atoms with Crippen molar-refractivity contribution in [2.24, 2.45) is 0 Å². The molecule has 2 heteroatoms. The number of hydrogen-bond acceptors (Lipinski definition) is 2. The first-order valence-corrected chi connectivity index (χ1v) is 7.63. The monoisotopic (exact) mass is 238 g/mol. The van der Waals surface area contributed by atoms with Gasteiger partial charge in [-0.1, -0.05) is 32.6 Å². The van der Waals surface area contributed by atoms with Gasteiger partial charge in [0, 0.05) is 30.7 Å². The molecule has 1 saturated heterocycles. The summed E-state index contributed by atoms with van der Waals surface area (Å²) in [7, 11) is 0. The van der Waals surface area contributed by atoms with Crippen LogP contribution in [0, 0.1) is 0 Å². The van der Waals surface area contributed by atoms with Gasteiger partial charge in [0.05, 0.1) is 0 Å². The number of rotatable bonds is 3. The molecule has 1 aliphatic carbocycles. The van der Waals surface area contributed by atoms with Crippen LogP contribution < -0.4 is 5.32 Å². The fraction of sp³-hybridized carbons (Fsp3) is 1.00. The molecule has 0 bridgehead atoms. The van der Waals surface area contributed by atoms with Crippen molar-refractivity contribution in [1.29, 1.82) is 0 Å². The van der Waals surface area contributed by atoms with Crippen LogP contribution in [0.2, 0.25) is 0 Å². The van der Waals surface area contributed by atoms with Gasteiger partial charge in [0.1, 0.15) is 0 Å². The lowest BCUT2D eigenvalue weighted by atomic mass is 9.87. The summed E-state index contributed by atoms with van der Waals surface area (Å²) in [4.78, 5) is 2.82. The maximum Gasteiger partial charge on any atom is 0.0281 e. The lowest BCUT2D eigenvalue weighted by molar-refractivity contribution is 0.00910. The van der Waals surface area contributed by atoms with E-state index in [4.69, 9.17) is 0 Å². The lowest BCUT2D eigenvalue weighted by Crippen LogP contribution is -2.64. The van der Waals surface area contributed by atoms with Crippen molar-refractivity contribution < 1.29 is 0 Å². The van der Waals surface area contributed by atoms with Crippen molar-refractivity contribution in [3.8, 4) is 0 Å². The van der Waals surface area contributed by atoms with Gasteiger partial charge in [-0.15, -0.1) is 0 Å². The van der Waals surface area contributed by atoms with E-state index in [0.717, 1.165) is 18.6 Å². The van der Waals surface area contributed by atoms with Crippen LogP contribution in [-0.2, 0) is 0 Å². The minimum atomic E-state index is 0.353. The standard InChI is InChI=1S/C15H30N2/c1-4-8-13-11-17(15(2,3)12-16-13)14-9-6-5-7-10-14/h13-14,16H,4-12H2,1-3H3. The normalized spacial score (nSPS) is 31.6.